The Hall–Kier alpha value is -2.18. The van der Waals surface area contributed by atoms with Crippen LogP contribution in [0.15, 0.2) is 36.8 Å². The molecule has 0 atom stereocenters. The van der Waals surface area contributed by atoms with Gasteiger partial charge in [-0.3, -0.25) is 4.68 Å². The van der Waals surface area contributed by atoms with Gasteiger partial charge in [0, 0.05) is 37.0 Å². The van der Waals surface area contributed by atoms with Crippen molar-refractivity contribution in [2.75, 3.05) is 0 Å². The first-order chi connectivity index (χ1) is 11.6. The highest BCUT2D eigenvalue weighted by Gasteiger charge is 2.13. The lowest BCUT2D eigenvalue weighted by Crippen LogP contribution is -2.17. The summed E-state index contributed by atoms with van der Waals surface area (Å²) in [5.74, 6) is 0.924. The molecule has 0 saturated carbocycles. The number of hydrogen-bond donors (Lipinski definition) is 1. The molecule has 0 aliphatic rings. The topological polar surface area (TPSA) is 60.6 Å². The van der Waals surface area contributed by atoms with Gasteiger partial charge >= 0.3 is 0 Å². The van der Waals surface area contributed by atoms with Crippen molar-refractivity contribution in [3.8, 4) is 11.3 Å². The van der Waals surface area contributed by atoms with E-state index in [4.69, 9.17) is 11.6 Å². The molecule has 0 saturated heterocycles. The lowest BCUT2D eigenvalue weighted by molar-refractivity contribution is 0.541. The van der Waals surface area contributed by atoms with Crippen molar-refractivity contribution in [3.05, 3.63) is 53.2 Å². The Morgan fingerprint density at radius 1 is 1.21 bits per heavy atom. The van der Waals surface area contributed by atoms with Crippen LogP contribution in [-0.2, 0) is 20.1 Å². The van der Waals surface area contributed by atoms with Crippen LogP contribution in [0.5, 0.6) is 0 Å². The van der Waals surface area contributed by atoms with Crippen LogP contribution in [0, 0.1) is 0 Å². The van der Waals surface area contributed by atoms with E-state index in [1.165, 1.54) is 0 Å². The maximum absolute atomic E-state index is 6.32. The van der Waals surface area contributed by atoms with Crippen molar-refractivity contribution in [2.24, 2.45) is 7.05 Å². The van der Waals surface area contributed by atoms with Gasteiger partial charge in [0.15, 0.2) is 0 Å². The number of nitrogens with zero attached hydrogens (tertiary/aromatic N) is 5. The van der Waals surface area contributed by atoms with E-state index in [-0.39, 0.29) is 0 Å². The summed E-state index contributed by atoms with van der Waals surface area (Å²) in [6.45, 7) is 5.56. The second-order valence-electron chi connectivity index (χ2n) is 6.01. The number of aromatic nitrogens is 5. The normalized spacial score (nSPS) is 11.4. The summed E-state index contributed by atoms with van der Waals surface area (Å²) < 4.78 is 3.87. The smallest absolute Gasteiger partial charge is 0.147 e. The fraction of sp³-hybridized carbons (Fsp3) is 0.353. The van der Waals surface area contributed by atoms with Crippen molar-refractivity contribution < 1.29 is 0 Å². The van der Waals surface area contributed by atoms with Gasteiger partial charge in [-0.25, -0.2) is 0 Å². The molecule has 0 radical (unpaired) electrons. The fourth-order valence-electron chi connectivity index (χ4n) is 2.68. The van der Waals surface area contributed by atoms with Crippen LogP contribution < -0.4 is 5.32 Å². The maximum Gasteiger partial charge on any atom is 0.147 e. The van der Waals surface area contributed by atoms with Crippen LogP contribution in [0.2, 0.25) is 5.02 Å². The van der Waals surface area contributed by atoms with Crippen molar-refractivity contribution in [1.82, 2.24) is 29.9 Å². The van der Waals surface area contributed by atoms with Gasteiger partial charge in [0.2, 0.25) is 0 Å². The molecule has 0 fully saturated rings. The van der Waals surface area contributed by atoms with E-state index < -0.39 is 0 Å². The molecular weight excluding hydrogens is 324 g/mol. The Balaban J connectivity index is 1.75. The highest BCUT2D eigenvalue weighted by molar-refractivity contribution is 6.33. The minimum atomic E-state index is 0.342. The van der Waals surface area contributed by atoms with Gasteiger partial charge in [-0.1, -0.05) is 29.8 Å². The molecule has 6 nitrogen and oxygen atoms in total. The molecule has 1 aromatic carbocycles. The standard InChI is InChI=1S/C17H21ClN6/c1-12(2)24-11-20-21-16(24)9-19-8-13-10-23(3)22-17(13)14-6-4-5-7-15(14)18/h4-7,10-12,19H,8-9H2,1-3H3. The van der Waals surface area contributed by atoms with Gasteiger partial charge in [-0.2, -0.15) is 5.10 Å². The fourth-order valence-corrected chi connectivity index (χ4v) is 2.91. The number of benzene rings is 1. The van der Waals surface area contributed by atoms with E-state index in [9.17, 15) is 0 Å². The highest BCUT2D eigenvalue weighted by atomic mass is 35.5. The first-order valence-corrected chi connectivity index (χ1v) is 8.30. The van der Waals surface area contributed by atoms with Crippen molar-refractivity contribution >= 4 is 11.6 Å². The molecule has 24 heavy (non-hydrogen) atoms. The van der Waals surface area contributed by atoms with Crippen molar-refractivity contribution in [2.45, 2.75) is 33.0 Å². The van der Waals surface area contributed by atoms with Crippen LogP contribution in [0.25, 0.3) is 11.3 Å². The lowest BCUT2D eigenvalue weighted by Gasteiger charge is -2.10. The predicted octanol–water partition coefficient (Wildman–Crippen LogP) is 3.20. The summed E-state index contributed by atoms with van der Waals surface area (Å²) in [4.78, 5) is 0. The summed E-state index contributed by atoms with van der Waals surface area (Å²) in [5, 5.41) is 16.9. The molecule has 0 aliphatic carbocycles. The lowest BCUT2D eigenvalue weighted by atomic mass is 10.1. The summed E-state index contributed by atoms with van der Waals surface area (Å²) in [5.41, 5.74) is 2.95. The summed E-state index contributed by atoms with van der Waals surface area (Å²) in [6, 6.07) is 8.11. The first kappa shape index (κ1) is 16.7. The zero-order valence-electron chi connectivity index (χ0n) is 14.1. The summed E-state index contributed by atoms with van der Waals surface area (Å²) in [6.07, 6.45) is 3.78. The molecule has 7 heteroatoms. The van der Waals surface area contributed by atoms with Gasteiger partial charge in [0.1, 0.15) is 12.2 Å². The van der Waals surface area contributed by atoms with Crippen LogP contribution in [0.1, 0.15) is 31.3 Å². The largest absolute Gasteiger partial charge is 0.314 e. The molecular formula is C17H21ClN6. The summed E-state index contributed by atoms with van der Waals surface area (Å²) in [7, 11) is 1.92. The molecule has 0 bridgehead atoms. The van der Waals surface area contributed by atoms with Crippen molar-refractivity contribution in [3.63, 3.8) is 0 Å². The number of hydrogen-bond acceptors (Lipinski definition) is 4. The van der Waals surface area contributed by atoms with Gasteiger partial charge in [0.05, 0.1) is 17.3 Å². The molecule has 1 N–H and O–H groups in total. The van der Waals surface area contributed by atoms with Crippen molar-refractivity contribution in [1.29, 1.82) is 0 Å². The monoisotopic (exact) mass is 344 g/mol. The van der Waals surface area contributed by atoms with Crippen LogP contribution in [-0.4, -0.2) is 24.5 Å². The summed E-state index contributed by atoms with van der Waals surface area (Å²) >= 11 is 6.32. The third kappa shape index (κ3) is 3.49. The Bertz CT molecular complexity index is 820. The van der Waals surface area contributed by atoms with Gasteiger partial charge in [0.25, 0.3) is 0 Å². The molecule has 2 heterocycles. The molecule has 0 aliphatic heterocycles. The molecule has 0 amide bonds. The number of nitrogens with one attached hydrogen (secondary N) is 1. The second-order valence-corrected chi connectivity index (χ2v) is 6.42. The number of rotatable bonds is 6. The molecule has 126 valence electrons. The average Bonchev–Trinajstić information content (AvgIpc) is 3.15. The minimum absolute atomic E-state index is 0.342. The van der Waals surface area contributed by atoms with Gasteiger partial charge in [-0.05, 0) is 19.9 Å². The van der Waals surface area contributed by atoms with Gasteiger partial charge in [-0.15, -0.1) is 10.2 Å². The third-order valence-electron chi connectivity index (χ3n) is 3.84. The van der Waals surface area contributed by atoms with Crippen LogP contribution in [0.4, 0.5) is 0 Å². The van der Waals surface area contributed by atoms with E-state index in [2.05, 4.69) is 39.0 Å². The van der Waals surface area contributed by atoms with Gasteiger partial charge < -0.3 is 9.88 Å². The predicted molar refractivity (Wildman–Crippen MR) is 94.6 cm³/mol. The van der Waals surface area contributed by atoms with E-state index in [0.29, 0.717) is 24.2 Å². The molecule has 3 aromatic rings. The van der Waals surface area contributed by atoms with E-state index >= 15 is 0 Å². The van der Waals surface area contributed by atoms with E-state index in [1.807, 2.05) is 42.2 Å². The van der Waals surface area contributed by atoms with E-state index in [0.717, 1.165) is 22.6 Å². The molecule has 0 spiro atoms. The Labute approximate surface area is 146 Å². The molecule has 3 rings (SSSR count). The Morgan fingerprint density at radius 3 is 2.75 bits per heavy atom. The number of halogens is 1. The van der Waals surface area contributed by atoms with Crippen LogP contribution >= 0.6 is 11.6 Å². The highest BCUT2D eigenvalue weighted by Crippen LogP contribution is 2.28. The minimum Gasteiger partial charge on any atom is -0.314 e. The van der Waals surface area contributed by atoms with Crippen LogP contribution in [0.3, 0.4) is 0 Å². The average molecular weight is 345 g/mol. The first-order valence-electron chi connectivity index (χ1n) is 7.92. The Morgan fingerprint density at radius 2 is 2.00 bits per heavy atom. The SMILES string of the molecule is CC(C)n1cnnc1CNCc1cn(C)nc1-c1ccccc1Cl. The molecule has 0 unspecified atom stereocenters. The molecule has 2 aromatic heterocycles. The number of aryl methyl sites for hydroxylation is 1. The Kier molecular flexibility index (Phi) is 4.97. The quantitative estimate of drug-likeness (QED) is 0.746. The third-order valence-corrected chi connectivity index (χ3v) is 4.17. The zero-order valence-corrected chi connectivity index (χ0v) is 14.8. The van der Waals surface area contributed by atoms with E-state index in [1.54, 1.807) is 6.33 Å². The second kappa shape index (κ2) is 7.15. The zero-order chi connectivity index (χ0) is 17.1. The maximum atomic E-state index is 6.32.